The molecule has 1 aromatic carbocycles. The summed E-state index contributed by atoms with van der Waals surface area (Å²) >= 11 is 0. The van der Waals surface area contributed by atoms with Crippen molar-refractivity contribution < 1.29 is 19.1 Å². The van der Waals surface area contributed by atoms with Crippen LogP contribution in [-0.2, 0) is 20.9 Å². The highest BCUT2D eigenvalue weighted by Gasteiger charge is 2.34. The number of nitrogens with zero attached hydrogens (tertiary/aromatic N) is 2. The van der Waals surface area contributed by atoms with Gasteiger partial charge in [0, 0.05) is 51.3 Å². The third-order valence-electron chi connectivity index (χ3n) is 5.10. The third kappa shape index (κ3) is 5.43. The smallest absolute Gasteiger partial charge is 0.225 e. The fourth-order valence-electron chi connectivity index (χ4n) is 3.52. The minimum atomic E-state index is -0.276. The second kappa shape index (κ2) is 9.71. The molecule has 148 valence electrons. The first-order valence-corrected chi connectivity index (χ1v) is 9.73. The fraction of sp³-hybridized carbons (Fsp3) is 0.600. The van der Waals surface area contributed by atoms with Crippen molar-refractivity contribution in [3.05, 3.63) is 29.8 Å². The Kier molecular flexibility index (Phi) is 7.06. The molecule has 7 nitrogen and oxygen atoms in total. The Morgan fingerprint density at radius 3 is 2.81 bits per heavy atom. The number of benzene rings is 1. The SMILES string of the molecule is CCOc1ccccc1CNC(=O)C1CC(=O)N(CCN2CCOCC2)C1. The molecule has 2 fully saturated rings. The Balaban J connectivity index is 1.46. The van der Waals surface area contributed by atoms with Crippen LogP contribution >= 0.6 is 0 Å². The van der Waals surface area contributed by atoms with Crippen molar-refractivity contribution in [3.63, 3.8) is 0 Å². The van der Waals surface area contributed by atoms with Crippen LogP contribution in [0.3, 0.4) is 0 Å². The molecule has 1 atom stereocenters. The standard InChI is InChI=1S/C20H29N3O4/c1-2-27-18-6-4-3-5-16(18)14-21-20(25)17-13-19(24)23(15-17)8-7-22-9-11-26-12-10-22/h3-6,17H,2,7-15H2,1H3,(H,21,25). The molecule has 0 spiro atoms. The van der Waals surface area contributed by atoms with Gasteiger partial charge >= 0.3 is 0 Å². The summed E-state index contributed by atoms with van der Waals surface area (Å²) in [6.07, 6.45) is 0.294. The minimum Gasteiger partial charge on any atom is -0.494 e. The molecule has 7 heteroatoms. The molecule has 0 radical (unpaired) electrons. The molecular formula is C20H29N3O4. The quantitative estimate of drug-likeness (QED) is 0.731. The van der Waals surface area contributed by atoms with Gasteiger partial charge in [0.1, 0.15) is 5.75 Å². The Labute approximate surface area is 160 Å². The molecular weight excluding hydrogens is 346 g/mol. The number of carbonyl (C=O) groups is 2. The number of amides is 2. The van der Waals surface area contributed by atoms with Crippen molar-refractivity contribution in [1.82, 2.24) is 15.1 Å². The maximum atomic E-state index is 12.5. The van der Waals surface area contributed by atoms with E-state index in [-0.39, 0.29) is 17.7 Å². The van der Waals surface area contributed by atoms with Gasteiger partial charge in [-0.05, 0) is 13.0 Å². The predicted molar refractivity (Wildman–Crippen MR) is 101 cm³/mol. The summed E-state index contributed by atoms with van der Waals surface area (Å²) in [7, 11) is 0. The van der Waals surface area contributed by atoms with E-state index in [1.54, 1.807) is 0 Å². The van der Waals surface area contributed by atoms with Crippen LogP contribution in [0.5, 0.6) is 5.75 Å². The van der Waals surface area contributed by atoms with Crippen molar-refractivity contribution in [1.29, 1.82) is 0 Å². The van der Waals surface area contributed by atoms with Gasteiger partial charge in [0.15, 0.2) is 0 Å². The number of nitrogens with one attached hydrogen (secondary N) is 1. The van der Waals surface area contributed by atoms with Crippen LogP contribution in [0.2, 0.25) is 0 Å². The summed E-state index contributed by atoms with van der Waals surface area (Å²) in [5.41, 5.74) is 0.946. The maximum Gasteiger partial charge on any atom is 0.225 e. The molecule has 0 bridgehead atoms. The van der Waals surface area contributed by atoms with Gasteiger partial charge < -0.3 is 19.7 Å². The van der Waals surface area contributed by atoms with E-state index >= 15 is 0 Å². The summed E-state index contributed by atoms with van der Waals surface area (Å²) in [6.45, 7) is 8.27. The van der Waals surface area contributed by atoms with Crippen LogP contribution in [-0.4, -0.2) is 74.2 Å². The molecule has 0 aromatic heterocycles. The van der Waals surface area contributed by atoms with Gasteiger partial charge in [0.25, 0.3) is 0 Å². The summed E-state index contributed by atoms with van der Waals surface area (Å²) in [6, 6.07) is 7.69. The molecule has 0 saturated carbocycles. The van der Waals surface area contributed by atoms with E-state index in [0.29, 0.717) is 32.7 Å². The minimum absolute atomic E-state index is 0.0662. The number of hydrogen-bond donors (Lipinski definition) is 1. The number of rotatable bonds is 8. The van der Waals surface area contributed by atoms with E-state index in [1.165, 1.54) is 0 Å². The Morgan fingerprint density at radius 2 is 2.04 bits per heavy atom. The van der Waals surface area contributed by atoms with Crippen LogP contribution in [0.4, 0.5) is 0 Å². The lowest BCUT2D eigenvalue weighted by Gasteiger charge is -2.28. The molecule has 2 amide bonds. The van der Waals surface area contributed by atoms with Crippen molar-refractivity contribution in [2.24, 2.45) is 5.92 Å². The normalized spacial score (nSPS) is 20.7. The van der Waals surface area contributed by atoms with Gasteiger partial charge in [0.2, 0.25) is 11.8 Å². The predicted octanol–water partition coefficient (Wildman–Crippen LogP) is 0.882. The highest BCUT2D eigenvalue weighted by Crippen LogP contribution is 2.20. The highest BCUT2D eigenvalue weighted by atomic mass is 16.5. The second-order valence-corrected chi connectivity index (χ2v) is 6.95. The summed E-state index contributed by atoms with van der Waals surface area (Å²) in [5, 5.41) is 2.96. The molecule has 1 aromatic rings. The first-order valence-electron chi connectivity index (χ1n) is 9.73. The number of carbonyl (C=O) groups excluding carboxylic acids is 2. The first-order chi connectivity index (χ1) is 13.2. The lowest BCUT2D eigenvalue weighted by Crippen LogP contribution is -2.42. The summed E-state index contributed by atoms with van der Waals surface area (Å²) in [5.74, 6) is 0.512. The van der Waals surface area contributed by atoms with Crippen LogP contribution in [0.1, 0.15) is 18.9 Å². The van der Waals surface area contributed by atoms with E-state index < -0.39 is 0 Å². The maximum absolute atomic E-state index is 12.5. The Hall–Kier alpha value is -2.12. The molecule has 3 rings (SSSR count). The van der Waals surface area contributed by atoms with Gasteiger partial charge in [-0.25, -0.2) is 0 Å². The number of para-hydroxylation sites is 1. The first kappa shape index (κ1) is 19.6. The number of likely N-dealkylation sites (tertiary alicyclic amines) is 1. The molecule has 2 heterocycles. The third-order valence-corrected chi connectivity index (χ3v) is 5.10. The molecule has 2 aliphatic rings. The average molecular weight is 375 g/mol. The van der Waals surface area contributed by atoms with Crippen molar-refractivity contribution in [2.45, 2.75) is 19.9 Å². The van der Waals surface area contributed by atoms with Crippen LogP contribution in [0, 0.1) is 5.92 Å². The van der Waals surface area contributed by atoms with Gasteiger partial charge in [-0.15, -0.1) is 0 Å². The monoisotopic (exact) mass is 375 g/mol. The molecule has 0 aliphatic carbocycles. The van der Waals surface area contributed by atoms with Crippen molar-refractivity contribution >= 4 is 11.8 Å². The molecule has 1 N–H and O–H groups in total. The van der Waals surface area contributed by atoms with E-state index in [4.69, 9.17) is 9.47 Å². The second-order valence-electron chi connectivity index (χ2n) is 6.95. The van der Waals surface area contributed by atoms with Crippen LogP contribution in [0.15, 0.2) is 24.3 Å². The fourth-order valence-corrected chi connectivity index (χ4v) is 3.52. The zero-order chi connectivity index (χ0) is 19.1. The summed E-state index contributed by atoms with van der Waals surface area (Å²) < 4.78 is 10.9. The van der Waals surface area contributed by atoms with E-state index in [1.807, 2.05) is 36.1 Å². The number of ether oxygens (including phenoxy) is 2. The van der Waals surface area contributed by atoms with Crippen molar-refractivity contribution in [3.8, 4) is 5.75 Å². The van der Waals surface area contributed by atoms with E-state index in [0.717, 1.165) is 44.2 Å². The molecule has 2 aliphatic heterocycles. The van der Waals surface area contributed by atoms with E-state index in [2.05, 4.69) is 10.2 Å². The van der Waals surface area contributed by atoms with Gasteiger partial charge in [-0.2, -0.15) is 0 Å². The van der Waals surface area contributed by atoms with Gasteiger partial charge in [0.05, 0.1) is 25.7 Å². The topological polar surface area (TPSA) is 71.1 Å². The zero-order valence-electron chi connectivity index (χ0n) is 16.0. The molecule has 2 saturated heterocycles. The van der Waals surface area contributed by atoms with Crippen molar-refractivity contribution in [2.75, 3.05) is 52.5 Å². The number of hydrogen-bond acceptors (Lipinski definition) is 5. The zero-order valence-corrected chi connectivity index (χ0v) is 16.0. The van der Waals surface area contributed by atoms with Crippen LogP contribution in [0.25, 0.3) is 0 Å². The lowest BCUT2D eigenvalue weighted by molar-refractivity contribution is -0.129. The largest absolute Gasteiger partial charge is 0.494 e. The molecule has 27 heavy (non-hydrogen) atoms. The average Bonchev–Trinajstić information content (AvgIpc) is 3.07. The highest BCUT2D eigenvalue weighted by molar-refractivity contribution is 5.89. The van der Waals surface area contributed by atoms with Crippen LogP contribution < -0.4 is 10.1 Å². The summed E-state index contributed by atoms with van der Waals surface area (Å²) in [4.78, 5) is 28.9. The molecule has 1 unspecified atom stereocenters. The van der Waals surface area contributed by atoms with Gasteiger partial charge in [-0.3, -0.25) is 14.5 Å². The Morgan fingerprint density at radius 1 is 1.26 bits per heavy atom. The van der Waals surface area contributed by atoms with Gasteiger partial charge in [-0.1, -0.05) is 18.2 Å². The van der Waals surface area contributed by atoms with E-state index in [9.17, 15) is 9.59 Å². The lowest BCUT2D eigenvalue weighted by atomic mass is 10.1. The number of morpholine rings is 1. The Bertz CT molecular complexity index is 646.